The highest BCUT2D eigenvalue weighted by atomic mass is 35.5. The molecule has 3 rings (SSSR count). The van der Waals surface area contributed by atoms with E-state index in [2.05, 4.69) is 38.4 Å². The number of imidazole rings is 1. The van der Waals surface area contributed by atoms with Crippen molar-refractivity contribution in [3.05, 3.63) is 62.0 Å². The van der Waals surface area contributed by atoms with E-state index in [1.54, 1.807) is 22.7 Å². The Morgan fingerprint density at radius 1 is 1.40 bits per heavy atom. The van der Waals surface area contributed by atoms with Gasteiger partial charge >= 0.3 is 0 Å². The second-order valence-electron chi connectivity index (χ2n) is 4.43. The van der Waals surface area contributed by atoms with Gasteiger partial charge < -0.3 is 4.57 Å². The summed E-state index contributed by atoms with van der Waals surface area (Å²) < 4.78 is 2.88. The fourth-order valence-electron chi connectivity index (χ4n) is 2.08. The van der Waals surface area contributed by atoms with Crippen molar-refractivity contribution in [2.75, 3.05) is 0 Å². The van der Waals surface area contributed by atoms with E-state index >= 15 is 0 Å². The summed E-state index contributed by atoms with van der Waals surface area (Å²) in [6, 6.07) is 8.31. The molecule has 1 N–H and O–H groups in total. The molecule has 3 aromatic heterocycles. The highest BCUT2D eigenvalue weighted by molar-refractivity contribution is 7.16. The third-order valence-corrected chi connectivity index (χ3v) is 5.22. The molecule has 3 heterocycles. The molecule has 3 nitrogen and oxygen atoms in total. The van der Waals surface area contributed by atoms with Gasteiger partial charge in [0.15, 0.2) is 0 Å². The van der Waals surface area contributed by atoms with Gasteiger partial charge in [-0.1, -0.05) is 17.7 Å². The second-order valence-corrected chi connectivity index (χ2v) is 7.21. The Hall–Kier alpha value is -1.14. The molecule has 0 aliphatic heterocycles. The Balaban J connectivity index is 1.81. The highest BCUT2D eigenvalue weighted by Crippen LogP contribution is 2.27. The molecular formula is C14H14ClN3S2. The number of nitrogens with one attached hydrogen (secondary N) is 1. The summed E-state index contributed by atoms with van der Waals surface area (Å²) in [7, 11) is 2.02. The highest BCUT2D eigenvalue weighted by Gasteiger charge is 2.18. The summed E-state index contributed by atoms with van der Waals surface area (Å²) in [5.74, 6) is 1.02. The van der Waals surface area contributed by atoms with Crippen LogP contribution in [-0.4, -0.2) is 9.55 Å². The summed E-state index contributed by atoms with van der Waals surface area (Å²) in [6.45, 7) is 0.785. The van der Waals surface area contributed by atoms with E-state index in [4.69, 9.17) is 11.6 Å². The number of rotatable bonds is 5. The maximum Gasteiger partial charge on any atom is 0.131 e. The van der Waals surface area contributed by atoms with E-state index in [9.17, 15) is 0 Å². The molecular weight excluding hydrogens is 310 g/mol. The zero-order valence-corrected chi connectivity index (χ0v) is 13.3. The quantitative estimate of drug-likeness (QED) is 0.767. The monoisotopic (exact) mass is 323 g/mol. The number of aryl methyl sites for hydroxylation is 1. The molecule has 0 aromatic carbocycles. The molecule has 0 aliphatic carbocycles. The first kappa shape index (κ1) is 13.8. The third kappa shape index (κ3) is 2.96. The van der Waals surface area contributed by atoms with Crippen molar-refractivity contribution >= 4 is 34.3 Å². The Bertz CT molecular complexity index is 672. The van der Waals surface area contributed by atoms with Gasteiger partial charge in [-0.25, -0.2) is 4.98 Å². The van der Waals surface area contributed by atoms with Gasteiger partial charge in [0, 0.05) is 35.7 Å². The minimum atomic E-state index is 0.107. The smallest absolute Gasteiger partial charge is 0.131 e. The molecule has 0 bridgehead atoms. The van der Waals surface area contributed by atoms with Crippen molar-refractivity contribution < 1.29 is 0 Å². The fraction of sp³-hybridized carbons (Fsp3) is 0.214. The second kappa shape index (κ2) is 6.10. The van der Waals surface area contributed by atoms with Gasteiger partial charge in [-0.2, -0.15) is 0 Å². The van der Waals surface area contributed by atoms with Crippen LogP contribution in [-0.2, 0) is 13.6 Å². The van der Waals surface area contributed by atoms with Gasteiger partial charge in [-0.05, 0) is 23.6 Å². The Kier molecular flexibility index (Phi) is 4.21. The summed E-state index contributed by atoms with van der Waals surface area (Å²) in [5, 5.41) is 5.67. The number of thiophene rings is 2. The van der Waals surface area contributed by atoms with E-state index in [0.717, 1.165) is 16.7 Å². The van der Waals surface area contributed by atoms with Crippen molar-refractivity contribution in [3.63, 3.8) is 0 Å². The van der Waals surface area contributed by atoms with E-state index in [-0.39, 0.29) is 6.04 Å². The molecule has 6 heteroatoms. The minimum Gasteiger partial charge on any atom is -0.336 e. The van der Waals surface area contributed by atoms with Crippen LogP contribution < -0.4 is 5.32 Å². The topological polar surface area (TPSA) is 29.9 Å². The van der Waals surface area contributed by atoms with Gasteiger partial charge in [0.2, 0.25) is 0 Å². The van der Waals surface area contributed by atoms with Crippen LogP contribution in [0.4, 0.5) is 0 Å². The normalized spacial score (nSPS) is 12.7. The molecule has 0 fully saturated rings. The lowest BCUT2D eigenvalue weighted by Crippen LogP contribution is -2.23. The van der Waals surface area contributed by atoms with Gasteiger partial charge in [-0.15, -0.1) is 22.7 Å². The van der Waals surface area contributed by atoms with Crippen LogP contribution in [0.15, 0.2) is 42.0 Å². The zero-order chi connectivity index (χ0) is 13.9. The summed E-state index contributed by atoms with van der Waals surface area (Å²) in [5.41, 5.74) is 0. The first-order valence-electron chi connectivity index (χ1n) is 6.22. The summed E-state index contributed by atoms with van der Waals surface area (Å²) >= 11 is 9.32. The Labute approximate surface area is 130 Å². The fourth-order valence-corrected chi connectivity index (χ4v) is 3.91. The molecule has 1 unspecified atom stereocenters. The average Bonchev–Trinajstić information content (AvgIpc) is 3.14. The van der Waals surface area contributed by atoms with Crippen molar-refractivity contribution in [3.8, 4) is 0 Å². The SMILES string of the molecule is Cn1ccnc1C(NCc1ccc(Cl)s1)c1cccs1. The lowest BCUT2D eigenvalue weighted by atomic mass is 10.2. The third-order valence-electron chi connectivity index (χ3n) is 3.05. The van der Waals surface area contributed by atoms with Crippen LogP contribution in [0.5, 0.6) is 0 Å². The standard InChI is InChI=1S/C14H14ClN3S2/c1-18-7-6-16-14(18)13(11-3-2-8-19-11)17-9-10-4-5-12(15)20-10/h2-8,13,17H,9H2,1H3. The van der Waals surface area contributed by atoms with Crippen LogP contribution in [0.1, 0.15) is 21.6 Å². The first-order chi connectivity index (χ1) is 9.74. The van der Waals surface area contributed by atoms with E-state index in [1.165, 1.54) is 9.75 Å². The van der Waals surface area contributed by atoms with Gasteiger partial charge in [0.05, 0.1) is 4.34 Å². The van der Waals surface area contributed by atoms with Crippen molar-refractivity contribution in [2.45, 2.75) is 12.6 Å². The van der Waals surface area contributed by atoms with Crippen LogP contribution in [0.3, 0.4) is 0 Å². The summed E-state index contributed by atoms with van der Waals surface area (Å²) in [6.07, 6.45) is 3.80. The van der Waals surface area contributed by atoms with Crippen LogP contribution in [0.25, 0.3) is 0 Å². The van der Waals surface area contributed by atoms with Crippen molar-refractivity contribution in [1.82, 2.24) is 14.9 Å². The molecule has 0 aliphatic rings. The molecule has 0 saturated carbocycles. The number of halogens is 1. The van der Waals surface area contributed by atoms with Gasteiger partial charge in [-0.3, -0.25) is 5.32 Å². The maximum atomic E-state index is 5.98. The Morgan fingerprint density at radius 2 is 2.30 bits per heavy atom. The van der Waals surface area contributed by atoms with Crippen LogP contribution in [0, 0.1) is 0 Å². The van der Waals surface area contributed by atoms with Crippen molar-refractivity contribution in [2.24, 2.45) is 7.05 Å². The van der Waals surface area contributed by atoms with Crippen LogP contribution >= 0.6 is 34.3 Å². The molecule has 0 amide bonds. The lowest BCUT2D eigenvalue weighted by Gasteiger charge is -2.17. The predicted molar refractivity (Wildman–Crippen MR) is 85.5 cm³/mol. The molecule has 1 atom stereocenters. The van der Waals surface area contributed by atoms with E-state index < -0.39 is 0 Å². The molecule has 0 radical (unpaired) electrons. The number of hydrogen-bond acceptors (Lipinski definition) is 4. The zero-order valence-electron chi connectivity index (χ0n) is 10.9. The Morgan fingerprint density at radius 3 is 2.90 bits per heavy atom. The van der Waals surface area contributed by atoms with Crippen LogP contribution in [0.2, 0.25) is 4.34 Å². The largest absolute Gasteiger partial charge is 0.336 e. The molecule has 3 aromatic rings. The first-order valence-corrected chi connectivity index (χ1v) is 8.29. The maximum absolute atomic E-state index is 5.98. The summed E-state index contributed by atoms with van der Waals surface area (Å²) in [4.78, 5) is 6.97. The molecule has 0 spiro atoms. The number of hydrogen-bond donors (Lipinski definition) is 1. The van der Waals surface area contributed by atoms with Crippen molar-refractivity contribution in [1.29, 1.82) is 0 Å². The molecule has 0 saturated heterocycles. The van der Waals surface area contributed by atoms with E-state index in [0.29, 0.717) is 0 Å². The van der Waals surface area contributed by atoms with Gasteiger partial charge in [0.25, 0.3) is 0 Å². The molecule has 104 valence electrons. The number of nitrogens with zero attached hydrogens (tertiary/aromatic N) is 2. The predicted octanol–water partition coefficient (Wildman–Crippen LogP) is 4.08. The lowest BCUT2D eigenvalue weighted by molar-refractivity contribution is 0.568. The average molecular weight is 324 g/mol. The van der Waals surface area contributed by atoms with Gasteiger partial charge in [0.1, 0.15) is 11.9 Å². The minimum absolute atomic E-state index is 0.107. The number of aromatic nitrogens is 2. The molecule has 20 heavy (non-hydrogen) atoms. The van der Waals surface area contributed by atoms with E-state index in [1.807, 2.05) is 25.5 Å².